The van der Waals surface area contributed by atoms with Crippen molar-refractivity contribution in [2.45, 2.75) is 26.1 Å². The van der Waals surface area contributed by atoms with Crippen molar-refractivity contribution < 1.29 is 14.3 Å². The van der Waals surface area contributed by atoms with Gasteiger partial charge in [-0.05, 0) is 19.9 Å². The summed E-state index contributed by atoms with van der Waals surface area (Å²) in [5, 5.41) is 0. The van der Waals surface area contributed by atoms with Crippen LogP contribution >= 0.6 is 0 Å². The normalized spacial score (nSPS) is 23.1. The molecule has 0 bridgehead atoms. The molecule has 0 saturated carbocycles. The molecule has 1 saturated heterocycles. The minimum atomic E-state index is -0.458. The van der Waals surface area contributed by atoms with Crippen LogP contribution in [0.15, 0.2) is 24.3 Å². The number of hydrogen-bond acceptors (Lipinski definition) is 3. The fourth-order valence-electron chi connectivity index (χ4n) is 1.04. The highest BCUT2D eigenvalue weighted by Gasteiger charge is 2.25. The van der Waals surface area contributed by atoms with Crippen molar-refractivity contribution in [2.24, 2.45) is 0 Å². The third kappa shape index (κ3) is 3.85. The lowest BCUT2D eigenvalue weighted by Crippen LogP contribution is -2.22. The summed E-state index contributed by atoms with van der Waals surface area (Å²) in [4.78, 5) is 11.5. The van der Waals surface area contributed by atoms with Gasteiger partial charge in [0, 0.05) is 0 Å². The van der Waals surface area contributed by atoms with Crippen molar-refractivity contribution in [3.63, 3.8) is 0 Å². The van der Waals surface area contributed by atoms with Gasteiger partial charge in [-0.15, -0.1) is 0 Å². The number of allylic oxidation sites excluding steroid dienone is 2. The minimum Gasteiger partial charge on any atom is -0.371 e. The molecule has 0 aromatic carbocycles. The third-order valence-electron chi connectivity index (χ3n) is 1.84. The Balaban J connectivity index is 2.39. The molecule has 1 aliphatic rings. The average molecular weight is 196 g/mol. The Morgan fingerprint density at radius 2 is 2.29 bits per heavy atom. The molecular formula is C11H16O3. The maximum Gasteiger partial charge on any atom is 0.187 e. The van der Waals surface area contributed by atoms with Crippen LogP contribution in [0.2, 0.25) is 0 Å². The van der Waals surface area contributed by atoms with Gasteiger partial charge in [-0.3, -0.25) is 4.79 Å². The molecule has 2 atom stereocenters. The molecule has 0 amide bonds. The van der Waals surface area contributed by atoms with E-state index in [4.69, 9.17) is 9.47 Å². The Morgan fingerprint density at radius 3 is 2.79 bits per heavy atom. The highest BCUT2D eigenvalue weighted by Crippen LogP contribution is 2.11. The van der Waals surface area contributed by atoms with E-state index in [0.29, 0.717) is 6.61 Å². The van der Waals surface area contributed by atoms with Crippen molar-refractivity contribution in [1.29, 1.82) is 0 Å². The largest absolute Gasteiger partial charge is 0.371 e. The summed E-state index contributed by atoms with van der Waals surface area (Å²) >= 11 is 0. The maximum absolute atomic E-state index is 11.5. The zero-order chi connectivity index (χ0) is 10.4. The first-order chi connectivity index (χ1) is 6.77. The summed E-state index contributed by atoms with van der Waals surface area (Å²) in [6.45, 7) is 4.93. The molecule has 0 radical (unpaired) electrons. The van der Waals surface area contributed by atoms with E-state index in [9.17, 15) is 4.79 Å². The highest BCUT2D eigenvalue weighted by molar-refractivity contribution is 5.94. The predicted octanol–water partition coefficient (Wildman–Crippen LogP) is 1.49. The van der Waals surface area contributed by atoms with Crippen molar-refractivity contribution in [1.82, 2.24) is 0 Å². The molecule has 1 rings (SSSR count). The smallest absolute Gasteiger partial charge is 0.187 e. The molecule has 78 valence electrons. The Labute approximate surface area is 84.4 Å². The van der Waals surface area contributed by atoms with Crippen LogP contribution in [-0.4, -0.2) is 31.2 Å². The van der Waals surface area contributed by atoms with Gasteiger partial charge < -0.3 is 9.47 Å². The van der Waals surface area contributed by atoms with E-state index < -0.39 is 6.10 Å². The van der Waals surface area contributed by atoms with E-state index in [-0.39, 0.29) is 11.9 Å². The van der Waals surface area contributed by atoms with E-state index >= 15 is 0 Å². The van der Waals surface area contributed by atoms with Gasteiger partial charge in [-0.1, -0.05) is 18.2 Å². The summed E-state index contributed by atoms with van der Waals surface area (Å²) in [6, 6.07) is 0. The van der Waals surface area contributed by atoms with Gasteiger partial charge in [0.1, 0.15) is 12.2 Å². The molecule has 3 heteroatoms. The summed E-state index contributed by atoms with van der Waals surface area (Å²) in [5.74, 6) is -0.0220. The molecule has 0 N–H and O–H groups in total. The summed E-state index contributed by atoms with van der Waals surface area (Å²) in [7, 11) is 0. The molecule has 0 aromatic heterocycles. The SMILES string of the molecule is CC=CC(OCC1CO1)C(=O)/C=C/C. The number of ether oxygens (including phenoxy) is 2. The Kier molecular flexibility index (Phi) is 4.56. The van der Waals surface area contributed by atoms with Gasteiger partial charge in [0.2, 0.25) is 0 Å². The van der Waals surface area contributed by atoms with Crippen LogP contribution in [0.1, 0.15) is 13.8 Å². The zero-order valence-corrected chi connectivity index (χ0v) is 8.60. The monoisotopic (exact) mass is 196 g/mol. The highest BCUT2D eigenvalue weighted by atomic mass is 16.6. The van der Waals surface area contributed by atoms with Gasteiger partial charge in [-0.25, -0.2) is 0 Å². The number of carbonyl (C=O) groups excluding carboxylic acids is 1. The zero-order valence-electron chi connectivity index (χ0n) is 8.60. The summed E-state index contributed by atoms with van der Waals surface area (Å²) in [5.41, 5.74) is 0. The fourth-order valence-corrected chi connectivity index (χ4v) is 1.04. The second-order valence-corrected chi connectivity index (χ2v) is 3.14. The van der Waals surface area contributed by atoms with Gasteiger partial charge >= 0.3 is 0 Å². The van der Waals surface area contributed by atoms with Crippen molar-refractivity contribution in [3.8, 4) is 0 Å². The minimum absolute atomic E-state index is 0.0220. The molecule has 3 nitrogen and oxygen atoms in total. The molecule has 1 heterocycles. The van der Waals surface area contributed by atoms with Gasteiger partial charge in [0.25, 0.3) is 0 Å². The molecule has 0 aliphatic carbocycles. The lowest BCUT2D eigenvalue weighted by atomic mass is 10.2. The molecular weight excluding hydrogens is 180 g/mol. The maximum atomic E-state index is 11.5. The lowest BCUT2D eigenvalue weighted by molar-refractivity contribution is -0.123. The Hall–Kier alpha value is -0.930. The van der Waals surface area contributed by atoms with E-state index in [0.717, 1.165) is 6.61 Å². The van der Waals surface area contributed by atoms with Crippen LogP contribution in [0.5, 0.6) is 0 Å². The standard InChI is InChI=1S/C11H16O3/c1-3-5-10(12)11(6-4-2)14-8-9-7-13-9/h3-6,9,11H,7-8H2,1-2H3/b5-3+,6-4?. The van der Waals surface area contributed by atoms with Crippen LogP contribution in [0, 0.1) is 0 Å². The second-order valence-electron chi connectivity index (χ2n) is 3.14. The first kappa shape index (κ1) is 11.1. The summed E-state index contributed by atoms with van der Waals surface area (Å²) < 4.78 is 10.4. The third-order valence-corrected chi connectivity index (χ3v) is 1.84. The van der Waals surface area contributed by atoms with Crippen LogP contribution in [0.4, 0.5) is 0 Å². The van der Waals surface area contributed by atoms with Crippen LogP contribution < -0.4 is 0 Å². The number of carbonyl (C=O) groups is 1. The molecule has 1 fully saturated rings. The second kappa shape index (κ2) is 5.73. The predicted molar refractivity (Wildman–Crippen MR) is 54.1 cm³/mol. The van der Waals surface area contributed by atoms with E-state index in [2.05, 4.69) is 0 Å². The van der Waals surface area contributed by atoms with Crippen molar-refractivity contribution in [2.75, 3.05) is 13.2 Å². The van der Waals surface area contributed by atoms with Crippen molar-refractivity contribution in [3.05, 3.63) is 24.3 Å². The fraction of sp³-hybridized carbons (Fsp3) is 0.545. The molecule has 1 aliphatic heterocycles. The van der Waals surface area contributed by atoms with E-state index in [1.807, 2.05) is 19.9 Å². The van der Waals surface area contributed by atoms with Crippen LogP contribution in [-0.2, 0) is 14.3 Å². The summed E-state index contributed by atoms with van der Waals surface area (Å²) in [6.07, 6.45) is 6.56. The quantitative estimate of drug-likeness (QED) is 0.367. The number of rotatable bonds is 6. The first-order valence-electron chi connectivity index (χ1n) is 4.80. The molecule has 0 spiro atoms. The van der Waals surface area contributed by atoms with E-state index in [1.165, 1.54) is 6.08 Å². The van der Waals surface area contributed by atoms with E-state index in [1.54, 1.807) is 12.2 Å². The Morgan fingerprint density at radius 1 is 1.57 bits per heavy atom. The number of ketones is 1. The molecule has 14 heavy (non-hydrogen) atoms. The number of hydrogen-bond donors (Lipinski definition) is 0. The lowest BCUT2D eigenvalue weighted by Gasteiger charge is -2.09. The Bertz CT molecular complexity index is 239. The van der Waals surface area contributed by atoms with Gasteiger partial charge in [0.05, 0.1) is 13.2 Å². The topological polar surface area (TPSA) is 38.8 Å². The van der Waals surface area contributed by atoms with Crippen LogP contribution in [0.25, 0.3) is 0 Å². The van der Waals surface area contributed by atoms with Crippen molar-refractivity contribution >= 4 is 5.78 Å². The number of epoxide rings is 1. The van der Waals surface area contributed by atoms with Gasteiger partial charge in [0.15, 0.2) is 5.78 Å². The average Bonchev–Trinajstić information content (AvgIpc) is 2.96. The molecule has 2 unspecified atom stereocenters. The van der Waals surface area contributed by atoms with Crippen LogP contribution in [0.3, 0.4) is 0 Å². The first-order valence-corrected chi connectivity index (χ1v) is 4.80. The van der Waals surface area contributed by atoms with Gasteiger partial charge in [-0.2, -0.15) is 0 Å². The molecule has 0 aromatic rings.